The first-order chi connectivity index (χ1) is 5.79. The van der Waals surface area contributed by atoms with E-state index in [2.05, 4.69) is 5.32 Å². The highest BCUT2D eigenvalue weighted by Crippen LogP contribution is 2.22. The maximum absolute atomic E-state index is 10.5. The van der Waals surface area contributed by atoms with Gasteiger partial charge in [-0.1, -0.05) is 12.1 Å². The van der Waals surface area contributed by atoms with Gasteiger partial charge in [-0.15, -0.1) is 0 Å². The molecule has 64 valence electrons. The van der Waals surface area contributed by atoms with Crippen molar-refractivity contribution in [2.24, 2.45) is 0 Å². The van der Waals surface area contributed by atoms with E-state index in [9.17, 15) is 4.79 Å². The molecular weight excluding hydrogens is 152 g/mol. The number of nitrogens with one attached hydrogen (secondary N) is 1. The van der Waals surface area contributed by atoms with E-state index in [0.29, 0.717) is 0 Å². The first-order valence-corrected chi connectivity index (χ1v) is 3.74. The number of hydrogen-bond donors (Lipinski definition) is 1. The van der Waals surface area contributed by atoms with Crippen molar-refractivity contribution >= 4 is 17.8 Å². The van der Waals surface area contributed by atoms with Crippen LogP contribution in [-0.2, 0) is 4.79 Å². The van der Waals surface area contributed by atoms with Crippen molar-refractivity contribution < 1.29 is 4.79 Å². The molecule has 0 heterocycles. The molecule has 0 aliphatic carbocycles. The summed E-state index contributed by atoms with van der Waals surface area (Å²) in [4.78, 5) is 12.0. The standard InChI is InChI=1S/C9H12N2O/c1-10-8-5-3-4-6-9(8)11(2)7-12/h3-7,10H,1-2H3. The molecule has 0 aliphatic rings. The molecule has 0 saturated carbocycles. The highest BCUT2D eigenvalue weighted by atomic mass is 16.1. The van der Waals surface area contributed by atoms with Gasteiger partial charge in [-0.2, -0.15) is 0 Å². The molecule has 0 radical (unpaired) electrons. The van der Waals surface area contributed by atoms with Gasteiger partial charge in [0, 0.05) is 14.1 Å². The molecule has 3 nitrogen and oxygen atoms in total. The first kappa shape index (κ1) is 8.59. The lowest BCUT2D eigenvalue weighted by atomic mass is 10.2. The Kier molecular flexibility index (Phi) is 2.69. The number of nitrogens with zero attached hydrogens (tertiary/aromatic N) is 1. The van der Waals surface area contributed by atoms with Crippen LogP contribution in [0.2, 0.25) is 0 Å². The number of para-hydroxylation sites is 2. The fourth-order valence-corrected chi connectivity index (χ4v) is 1.05. The predicted molar refractivity (Wildman–Crippen MR) is 50.5 cm³/mol. The van der Waals surface area contributed by atoms with E-state index in [-0.39, 0.29) is 0 Å². The van der Waals surface area contributed by atoms with E-state index in [1.165, 1.54) is 4.90 Å². The second-order valence-electron chi connectivity index (χ2n) is 2.48. The molecule has 0 atom stereocenters. The van der Waals surface area contributed by atoms with Gasteiger partial charge in [-0.05, 0) is 12.1 Å². The minimum absolute atomic E-state index is 0.788. The molecule has 0 fully saturated rings. The fraction of sp³-hybridized carbons (Fsp3) is 0.222. The van der Waals surface area contributed by atoms with Crippen molar-refractivity contribution in [3.63, 3.8) is 0 Å². The minimum Gasteiger partial charge on any atom is -0.386 e. The third-order valence-electron chi connectivity index (χ3n) is 1.71. The van der Waals surface area contributed by atoms with Gasteiger partial charge in [-0.25, -0.2) is 0 Å². The monoisotopic (exact) mass is 164 g/mol. The average molecular weight is 164 g/mol. The minimum atomic E-state index is 0.788. The molecule has 1 aromatic carbocycles. The van der Waals surface area contributed by atoms with Crippen LogP contribution >= 0.6 is 0 Å². The second-order valence-corrected chi connectivity index (χ2v) is 2.48. The van der Waals surface area contributed by atoms with Gasteiger partial charge < -0.3 is 10.2 Å². The lowest BCUT2D eigenvalue weighted by molar-refractivity contribution is -0.107. The van der Waals surface area contributed by atoms with Crippen LogP contribution in [0.5, 0.6) is 0 Å². The van der Waals surface area contributed by atoms with Crippen LogP contribution in [0.15, 0.2) is 24.3 Å². The van der Waals surface area contributed by atoms with Gasteiger partial charge in [-0.3, -0.25) is 4.79 Å². The number of amides is 1. The van der Waals surface area contributed by atoms with Crippen molar-refractivity contribution in [3.05, 3.63) is 24.3 Å². The highest BCUT2D eigenvalue weighted by Gasteiger charge is 2.02. The Morgan fingerprint density at radius 3 is 2.67 bits per heavy atom. The van der Waals surface area contributed by atoms with Crippen LogP contribution in [0.4, 0.5) is 11.4 Å². The zero-order chi connectivity index (χ0) is 8.97. The smallest absolute Gasteiger partial charge is 0.213 e. The summed E-state index contributed by atoms with van der Waals surface area (Å²) in [6.07, 6.45) is 0.788. The van der Waals surface area contributed by atoms with Gasteiger partial charge in [0.25, 0.3) is 0 Å². The Labute approximate surface area is 72.0 Å². The molecule has 0 unspecified atom stereocenters. The van der Waals surface area contributed by atoms with Gasteiger partial charge in [0.1, 0.15) is 0 Å². The van der Waals surface area contributed by atoms with Crippen LogP contribution in [0, 0.1) is 0 Å². The van der Waals surface area contributed by atoms with E-state index in [1.807, 2.05) is 31.3 Å². The van der Waals surface area contributed by atoms with Crippen molar-refractivity contribution in [3.8, 4) is 0 Å². The Hall–Kier alpha value is -1.51. The largest absolute Gasteiger partial charge is 0.386 e. The van der Waals surface area contributed by atoms with E-state index >= 15 is 0 Å². The summed E-state index contributed by atoms with van der Waals surface area (Å²) in [7, 11) is 3.56. The van der Waals surface area contributed by atoms with Crippen molar-refractivity contribution in [2.45, 2.75) is 0 Å². The summed E-state index contributed by atoms with van der Waals surface area (Å²) < 4.78 is 0. The summed E-state index contributed by atoms with van der Waals surface area (Å²) in [6.45, 7) is 0. The quantitative estimate of drug-likeness (QED) is 0.683. The highest BCUT2D eigenvalue weighted by molar-refractivity contribution is 5.82. The zero-order valence-corrected chi connectivity index (χ0v) is 7.24. The predicted octanol–water partition coefficient (Wildman–Crippen LogP) is 1.32. The SMILES string of the molecule is CNc1ccccc1N(C)C=O. The van der Waals surface area contributed by atoms with Crippen molar-refractivity contribution in [2.75, 3.05) is 24.3 Å². The summed E-state index contributed by atoms with van der Waals surface area (Å²) in [5.41, 5.74) is 1.84. The third kappa shape index (κ3) is 1.56. The normalized spacial score (nSPS) is 9.17. The van der Waals surface area contributed by atoms with Gasteiger partial charge in [0.05, 0.1) is 11.4 Å². The lowest BCUT2D eigenvalue weighted by Crippen LogP contribution is -2.15. The summed E-state index contributed by atoms with van der Waals surface area (Å²) in [5.74, 6) is 0. The van der Waals surface area contributed by atoms with Crippen LogP contribution in [0.25, 0.3) is 0 Å². The molecular formula is C9H12N2O. The summed E-state index contributed by atoms with van der Waals surface area (Å²) in [6, 6.07) is 7.64. The Morgan fingerprint density at radius 1 is 1.42 bits per heavy atom. The number of anilines is 2. The average Bonchev–Trinajstić information content (AvgIpc) is 2.16. The van der Waals surface area contributed by atoms with E-state index in [4.69, 9.17) is 0 Å². The van der Waals surface area contributed by atoms with Gasteiger partial charge in [0.15, 0.2) is 0 Å². The maximum atomic E-state index is 10.5. The van der Waals surface area contributed by atoms with Gasteiger partial charge in [0.2, 0.25) is 6.41 Å². The fourth-order valence-electron chi connectivity index (χ4n) is 1.05. The lowest BCUT2D eigenvalue weighted by Gasteiger charge is -2.14. The molecule has 1 amide bonds. The summed E-state index contributed by atoms with van der Waals surface area (Å²) in [5, 5.41) is 3.01. The van der Waals surface area contributed by atoms with Crippen LogP contribution in [-0.4, -0.2) is 20.5 Å². The van der Waals surface area contributed by atoms with Gasteiger partial charge >= 0.3 is 0 Å². The van der Waals surface area contributed by atoms with E-state index < -0.39 is 0 Å². The van der Waals surface area contributed by atoms with Crippen LogP contribution in [0.3, 0.4) is 0 Å². The number of hydrogen-bond acceptors (Lipinski definition) is 2. The van der Waals surface area contributed by atoms with E-state index in [1.54, 1.807) is 7.05 Å². The number of carbonyl (C=O) groups excluding carboxylic acids is 1. The van der Waals surface area contributed by atoms with Crippen LogP contribution < -0.4 is 10.2 Å². The van der Waals surface area contributed by atoms with Crippen molar-refractivity contribution in [1.82, 2.24) is 0 Å². The molecule has 0 saturated heterocycles. The number of carbonyl (C=O) groups is 1. The van der Waals surface area contributed by atoms with E-state index in [0.717, 1.165) is 17.8 Å². The second kappa shape index (κ2) is 3.76. The van der Waals surface area contributed by atoms with Crippen LogP contribution in [0.1, 0.15) is 0 Å². The third-order valence-corrected chi connectivity index (χ3v) is 1.71. The molecule has 0 spiro atoms. The Bertz CT molecular complexity index is 273. The Morgan fingerprint density at radius 2 is 2.08 bits per heavy atom. The maximum Gasteiger partial charge on any atom is 0.213 e. The summed E-state index contributed by atoms with van der Waals surface area (Å²) >= 11 is 0. The zero-order valence-electron chi connectivity index (χ0n) is 7.24. The first-order valence-electron chi connectivity index (χ1n) is 3.74. The molecule has 1 N–H and O–H groups in total. The molecule has 1 aromatic rings. The molecule has 12 heavy (non-hydrogen) atoms. The van der Waals surface area contributed by atoms with Crippen molar-refractivity contribution in [1.29, 1.82) is 0 Å². The number of rotatable bonds is 3. The molecule has 0 aromatic heterocycles. The molecule has 0 aliphatic heterocycles. The topological polar surface area (TPSA) is 32.3 Å². The molecule has 1 rings (SSSR count). The molecule has 3 heteroatoms. The Balaban J connectivity index is 3.04. The number of benzene rings is 1. The molecule has 0 bridgehead atoms.